The van der Waals surface area contributed by atoms with Crippen LogP contribution in [0.1, 0.15) is 38.3 Å². The smallest absolute Gasteiger partial charge is 0.282 e. The highest BCUT2D eigenvalue weighted by molar-refractivity contribution is 7.86. The second-order valence-corrected chi connectivity index (χ2v) is 8.51. The van der Waals surface area contributed by atoms with Gasteiger partial charge < -0.3 is 9.47 Å². The second kappa shape index (κ2) is 7.00. The fourth-order valence-electron chi connectivity index (χ4n) is 3.64. The van der Waals surface area contributed by atoms with Crippen LogP contribution in [0.25, 0.3) is 0 Å². The molecule has 134 valence electrons. The van der Waals surface area contributed by atoms with Gasteiger partial charge in [-0.3, -0.25) is 0 Å². The van der Waals surface area contributed by atoms with Crippen molar-refractivity contribution in [1.82, 2.24) is 8.61 Å². The van der Waals surface area contributed by atoms with Gasteiger partial charge >= 0.3 is 0 Å². The van der Waals surface area contributed by atoms with Crippen molar-refractivity contribution in [3.05, 3.63) is 29.8 Å². The molecule has 1 aromatic carbocycles. The lowest BCUT2D eigenvalue weighted by atomic mass is 10.1. The number of benzene rings is 1. The normalized spacial score (nSPS) is 29.7. The van der Waals surface area contributed by atoms with Gasteiger partial charge in [0.25, 0.3) is 10.2 Å². The molecule has 3 atom stereocenters. The number of methoxy groups -OCH3 is 1. The molecule has 7 heteroatoms. The van der Waals surface area contributed by atoms with Gasteiger partial charge in [0, 0.05) is 19.6 Å². The van der Waals surface area contributed by atoms with Gasteiger partial charge in [-0.05, 0) is 44.4 Å². The van der Waals surface area contributed by atoms with Crippen LogP contribution in [0, 0.1) is 0 Å². The third-order valence-electron chi connectivity index (χ3n) is 4.71. The predicted molar refractivity (Wildman–Crippen MR) is 92.2 cm³/mol. The lowest BCUT2D eigenvalue weighted by Crippen LogP contribution is -2.52. The van der Waals surface area contributed by atoms with Crippen LogP contribution in [0.2, 0.25) is 0 Å². The minimum Gasteiger partial charge on any atom is -0.497 e. The van der Waals surface area contributed by atoms with Crippen molar-refractivity contribution in [3.8, 4) is 5.75 Å². The van der Waals surface area contributed by atoms with Gasteiger partial charge in [0.05, 0.1) is 25.4 Å². The van der Waals surface area contributed by atoms with Gasteiger partial charge in [0.1, 0.15) is 5.75 Å². The fraction of sp³-hybridized carbons (Fsp3) is 0.647. The van der Waals surface area contributed by atoms with Crippen LogP contribution in [-0.2, 0) is 14.9 Å². The van der Waals surface area contributed by atoms with Crippen LogP contribution in [0.4, 0.5) is 0 Å². The van der Waals surface area contributed by atoms with Crippen LogP contribution in [0.5, 0.6) is 5.75 Å². The maximum atomic E-state index is 13.2. The Balaban J connectivity index is 1.83. The molecule has 2 aliphatic rings. The number of hydrogen-bond donors (Lipinski definition) is 0. The summed E-state index contributed by atoms with van der Waals surface area (Å²) in [5.41, 5.74) is 1.02. The molecule has 0 aliphatic carbocycles. The summed E-state index contributed by atoms with van der Waals surface area (Å²) in [7, 11) is -1.86. The number of hydrogen-bond acceptors (Lipinski definition) is 4. The summed E-state index contributed by atoms with van der Waals surface area (Å²) in [4.78, 5) is 0. The minimum atomic E-state index is -3.49. The van der Waals surface area contributed by atoms with Crippen molar-refractivity contribution in [2.24, 2.45) is 0 Å². The molecule has 0 aromatic heterocycles. The molecule has 6 nitrogen and oxygen atoms in total. The van der Waals surface area contributed by atoms with Crippen molar-refractivity contribution in [2.45, 2.75) is 44.9 Å². The molecular weight excluding hydrogens is 328 g/mol. The SMILES string of the molecule is COc1ccc(C2CCCN2S(=O)(=O)N2CC(C)OC(C)C2)cc1. The van der Waals surface area contributed by atoms with Gasteiger partial charge in [0.2, 0.25) is 0 Å². The van der Waals surface area contributed by atoms with E-state index in [0.29, 0.717) is 19.6 Å². The van der Waals surface area contributed by atoms with E-state index in [1.807, 2.05) is 38.1 Å². The van der Waals surface area contributed by atoms with Gasteiger partial charge in [-0.25, -0.2) is 0 Å². The summed E-state index contributed by atoms with van der Waals surface area (Å²) in [6, 6.07) is 7.59. The van der Waals surface area contributed by atoms with Crippen molar-refractivity contribution in [3.63, 3.8) is 0 Å². The number of nitrogens with zero attached hydrogens (tertiary/aromatic N) is 2. The third kappa shape index (κ3) is 3.44. The average molecular weight is 354 g/mol. The number of rotatable bonds is 4. The summed E-state index contributed by atoms with van der Waals surface area (Å²) in [5.74, 6) is 0.780. The molecule has 0 amide bonds. The van der Waals surface area contributed by atoms with Crippen LogP contribution >= 0.6 is 0 Å². The van der Waals surface area contributed by atoms with Gasteiger partial charge in [-0.2, -0.15) is 17.0 Å². The summed E-state index contributed by atoms with van der Waals surface area (Å²) in [6.07, 6.45) is 1.57. The quantitative estimate of drug-likeness (QED) is 0.832. The van der Waals surface area contributed by atoms with Gasteiger partial charge in [-0.15, -0.1) is 0 Å². The maximum absolute atomic E-state index is 13.2. The maximum Gasteiger partial charge on any atom is 0.282 e. The Morgan fingerprint density at radius 1 is 1.12 bits per heavy atom. The Hall–Kier alpha value is -1.15. The molecule has 1 aromatic rings. The zero-order valence-corrected chi connectivity index (χ0v) is 15.3. The van der Waals surface area contributed by atoms with Crippen molar-refractivity contribution in [2.75, 3.05) is 26.7 Å². The predicted octanol–water partition coefficient (Wildman–Crippen LogP) is 2.19. The lowest BCUT2D eigenvalue weighted by Gasteiger charge is -2.38. The van der Waals surface area contributed by atoms with Gasteiger partial charge in [-0.1, -0.05) is 12.1 Å². The molecule has 0 bridgehead atoms. The van der Waals surface area contributed by atoms with E-state index in [1.165, 1.54) is 0 Å². The monoisotopic (exact) mass is 354 g/mol. The first-order chi connectivity index (χ1) is 11.4. The summed E-state index contributed by atoms with van der Waals surface area (Å²) >= 11 is 0. The summed E-state index contributed by atoms with van der Waals surface area (Å²) < 4.78 is 40.4. The van der Waals surface area contributed by atoms with Crippen molar-refractivity contribution >= 4 is 10.2 Å². The Labute approximate surface area is 144 Å². The summed E-state index contributed by atoms with van der Waals surface area (Å²) in [5, 5.41) is 0. The molecule has 0 spiro atoms. The highest BCUT2D eigenvalue weighted by atomic mass is 32.2. The van der Waals surface area contributed by atoms with E-state index in [4.69, 9.17) is 9.47 Å². The van der Waals surface area contributed by atoms with E-state index in [0.717, 1.165) is 24.2 Å². The van der Waals surface area contributed by atoms with Gasteiger partial charge in [0.15, 0.2) is 0 Å². The van der Waals surface area contributed by atoms with E-state index in [2.05, 4.69) is 0 Å². The zero-order valence-electron chi connectivity index (χ0n) is 14.5. The first-order valence-corrected chi connectivity index (χ1v) is 9.88. The van der Waals surface area contributed by atoms with E-state index in [9.17, 15) is 8.42 Å². The van der Waals surface area contributed by atoms with Crippen LogP contribution in [-0.4, -0.2) is 56.0 Å². The standard InChI is InChI=1S/C17H26N2O4S/c1-13-11-18(12-14(2)23-13)24(20,21)19-10-4-5-17(19)15-6-8-16(22-3)9-7-15/h6-9,13-14,17H,4-5,10-12H2,1-3H3. The molecule has 0 radical (unpaired) electrons. The number of ether oxygens (including phenoxy) is 2. The molecule has 3 unspecified atom stereocenters. The highest BCUT2D eigenvalue weighted by Gasteiger charge is 2.41. The van der Waals surface area contributed by atoms with Crippen LogP contribution in [0.15, 0.2) is 24.3 Å². The van der Waals surface area contributed by atoms with E-state index in [1.54, 1.807) is 15.7 Å². The molecule has 2 aliphatic heterocycles. The Morgan fingerprint density at radius 2 is 1.75 bits per heavy atom. The molecule has 2 heterocycles. The topological polar surface area (TPSA) is 59.1 Å². The largest absolute Gasteiger partial charge is 0.497 e. The van der Waals surface area contributed by atoms with Crippen LogP contribution in [0.3, 0.4) is 0 Å². The first-order valence-electron chi connectivity index (χ1n) is 8.48. The third-order valence-corrected chi connectivity index (χ3v) is 6.69. The molecule has 0 N–H and O–H groups in total. The average Bonchev–Trinajstić information content (AvgIpc) is 3.04. The number of morpholine rings is 1. The Bertz CT molecular complexity index is 652. The van der Waals surface area contributed by atoms with Crippen molar-refractivity contribution < 1.29 is 17.9 Å². The molecular formula is C17H26N2O4S. The second-order valence-electron chi connectivity index (χ2n) is 6.62. The van der Waals surface area contributed by atoms with Crippen molar-refractivity contribution in [1.29, 1.82) is 0 Å². The Morgan fingerprint density at radius 3 is 2.33 bits per heavy atom. The summed E-state index contributed by atoms with van der Waals surface area (Å²) in [6.45, 7) is 5.24. The minimum absolute atomic E-state index is 0.0782. The Kier molecular flexibility index (Phi) is 5.15. The highest BCUT2D eigenvalue weighted by Crippen LogP contribution is 2.36. The van der Waals surface area contributed by atoms with E-state index in [-0.39, 0.29) is 18.2 Å². The molecule has 2 fully saturated rings. The molecule has 24 heavy (non-hydrogen) atoms. The van der Waals surface area contributed by atoms with E-state index < -0.39 is 10.2 Å². The fourth-order valence-corrected chi connectivity index (χ4v) is 5.64. The zero-order chi connectivity index (χ0) is 17.3. The lowest BCUT2D eigenvalue weighted by molar-refractivity contribution is -0.0455. The molecule has 3 rings (SSSR count). The van der Waals surface area contributed by atoms with Crippen LogP contribution < -0.4 is 4.74 Å². The first kappa shape index (κ1) is 17.7. The molecule has 2 saturated heterocycles. The molecule has 0 saturated carbocycles. The van der Waals surface area contributed by atoms with E-state index >= 15 is 0 Å².